The van der Waals surface area contributed by atoms with Crippen molar-refractivity contribution in [3.05, 3.63) is 42.5 Å². The van der Waals surface area contributed by atoms with Gasteiger partial charge in [0, 0.05) is 19.3 Å². The number of esters is 1. The van der Waals surface area contributed by atoms with Crippen molar-refractivity contribution in [2.24, 2.45) is 0 Å². The number of nitrogens with one attached hydrogen (secondary N) is 1. The molecule has 0 spiro atoms. The second-order valence-corrected chi connectivity index (χ2v) is 8.60. The third-order valence-electron chi connectivity index (χ3n) is 5.55. The maximum absolute atomic E-state index is 15.3. The molecule has 1 aromatic carbocycles. The van der Waals surface area contributed by atoms with Crippen molar-refractivity contribution in [2.75, 3.05) is 39.5 Å². The van der Waals surface area contributed by atoms with Crippen LogP contribution < -0.4 is 10.1 Å². The van der Waals surface area contributed by atoms with E-state index < -0.39 is 49.7 Å². The minimum Gasteiger partial charge on any atom is -0.494 e. The number of halogens is 1. The summed E-state index contributed by atoms with van der Waals surface area (Å²) in [5, 5.41) is 11.9. The Kier molecular flexibility index (Phi) is 12.5. The topological polar surface area (TPSA) is 131 Å². The minimum atomic E-state index is -2.03. The van der Waals surface area contributed by atoms with Gasteiger partial charge in [-0.15, -0.1) is 0 Å². The molecule has 2 N–H and O–H groups in total. The smallest absolute Gasteiger partial charge is 0.326 e. The number of carbonyl (C=O) groups is 4. The molecule has 0 unspecified atom stereocenters. The van der Waals surface area contributed by atoms with Crippen LogP contribution in [0.1, 0.15) is 39.0 Å². The van der Waals surface area contributed by atoms with Gasteiger partial charge >= 0.3 is 11.9 Å². The van der Waals surface area contributed by atoms with E-state index in [9.17, 15) is 24.3 Å². The molecule has 1 aliphatic rings. The molecule has 1 fully saturated rings. The predicted octanol–water partition coefficient (Wildman–Crippen LogP) is 2.27. The van der Waals surface area contributed by atoms with Gasteiger partial charge in [0.1, 0.15) is 11.8 Å². The molecule has 1 aliphatic heterocycles. The molecular weight excluding hydrogens is 487 g/mol. The highest BCUT2D eigenvalue weighted by Crippen LogP contribution is 2.31. The van der Waals surface area contributed by atoms with Crippen LogP contribution in [0.3, 0.4) is 0 Å². The largest absolute Gasteiger partial charge is 0.494 e. The zero-order valence-electron chi connectivity index (χ0n) is 21.0. The highest BCUT2D eigenvalue weighted by atomic mass is 19.1. The molecule has 0 aromatic heterocycles. The first-order valence-corrected chi connectivity index (χ1v) is 12.3. The summed E-state index contributed by atoms with van der Waals surface area (Å²) in [6.07, 6.45) is 4.17. The highest BCUT2D eigenvalue weighted by molar-refractivity contribution is 5.88. The molecule has 1 aromatic rings. The molecule has 11 heteroatoms. The molecule has 2 rings (SSSR count). The van der Waals surface area contributed by atoms with Gasteiger partial charge < -0.3 is 29.5 Å². The van der Waals surface area contributed by atoms with Crippen molar-refractivity contribution >= 4 is 23.8 Å². The maximum atomic E-state index is 15.3. The van der Waals surface area contributed by atoms with Gasteiger partial charge in [-0.25, -0.2) is 9.18 Å². The van der Waals surface area contributed by atoms with E-state index in [1.54, 1.807) is 31.2 Å². The lowest BCUT2D eigenvalue weighted by Crippen LogP contribution is -2.46. The van der Waals surface area contributed by atoms with Crippen molar-refractivity contribution in [3.63, 3.8) is 0 Å². The summed E-state index contributed by atoms with van der Waals surface area (Å²) in [5.41, 5.74) is -2.03. The number of aliphatic carboxylic acids is 1. The summed E-state index contributed by atoms with van der Waals surface area (Å²) in [6.45, 7) is 1.17. The van der Waals surface area contributed by atoms with E-state index in [0.29, 0.717) is 31.8 Å². The Labute approximate surface area is 215 Å². The summed E-state index contributed by atoms with van der Waals surface area (Å²) < 4.78 is 30.9. The van der Waals surface area contributed by atoms with Gasteiger partial charge in [0.25, 0.3) is 0 Å². The number of para-hydroxylation sites is 1. The van der Waals surface area contributed by atoms with Crippen LogP contribution in [-0.2, 0) is 28.7 Å². The van der Waals surface area contributed by atoms with Crippen LogP contribution in [0.5, 0.6) is 5.75 Å². The monoisotopic (exact) mass is 522 g/mol. The predicted molar refractivity (Wildman–Crippen MR) is 132 cm³/mol. The van der Waals surface area contributed by atoms with E-state index >= 15 is 4.39 Å². The third-order valence-corrected chi connectivity index (χ3v) is 5.55. The highest BCUT2D eigenvalue weighted by Gasteiger charge is 2.49. The van der Waals surface area contributed by atoms with Crippen LogP contribution in [0.4, 0.5) is 4.39 Å². The lowest BCUT2D eigenvalue weighted by Gasteiger charge is -2.22. The van der Waals surface area contributed by atoms with E-state index in [0.717, 1.165) is 4.90 Å². The van der Waals surface area contributed by atoms with Gasteiger partial charge in [-0.05, 0) is 31.9 Å². The first kappa shape index (κ1) is 29.8. The fourth-order valence-corrected chi connectivity index (χ4v) is 3.76. The molecule has 0 aliphatic carbocycles. The van der Waals surface area contributed by atoms with E-state index in [1.807, 2.05) is 18.2 Å². The number of nitrogens with zero attached hydrogens (tertiary/aromatic N) is 1. The fraction of sp³-hybridized carbons (Fsp3) is 0.538. The summed E-state index contributed by atoms with van der Waals surface area (Å²) in [7, 11) is 0. The quantitative estimate of drug-likeness (QED) is 0.192. The number of hydrogen-bond acceptors (Lipinski definition) is 7. The molecule has 0 bridgehead atoms. The fourth-order valence-electron chi connectivity index (χ4n) is 3.76. The summed E-state index contributed by atoms with van der Waals surface area (Å²) in [4.78, 5) is 48.5. The number of rotatable bonds is 16. The Bertz CT molecular complexity index is 926. The number of amides is 2. The number of allylic oxidation sites excluding steroid dienone is 1. The number of ether oxygens (including phenoxy) is 3. The van der Waals surface area contributed by atoms with Crippen LogP contribution in [0, 0.1) is 0 Å². The molecular formula is C26H35FN2O8. The number of likely N-dealkylation sites (tertiary alicyclic amines) is 1. The lowest BCUT2D eigenvalue weighted by molar-refractivity contribution is -0.148. The Balaban J connectivity index is 1.71. The molecule has 10 nitrogen and oxygen atoms in total. The summed E-state index contributed by atoms with van der Waals surface area (Å²) in [5.74, 6) is -2.01. The van der Waals surface area contributed by atoms with Gasteiger partial charge in [-0.3, -0.25) is 14.4 Å². The number of alkyl halides is 1. The SMILES string of the molecule is CCOC(=O)CC/C=C/COC[C@@]1(F)C[C@@H](C(=O)O)N(C(=O)CNC(=O)CCCOc2ccccc2)C1. The summed E-state index contributed by atoms with van der Waals surface area (Å²) >= 11 is 0. The molecule has 2 atom stereocenters. The van der Waals surface area contributed by atoms with Gasteiger partial charge in [0.15, 0.2) is 5.67 Å². The van der Waals surface area contributed by atoms with Gasteiger partial charge in [-0.2, -0.15) is 0 Å². The second kappa shape index (κ2) is 15.6. The molecule has 1 saturated heterocycles. The van der Waals surface area contributed by atoms with E-state index in [-0.39, 0.29) is 31.3 Å². The van der Waals surface area contributed by atoms with Crippen LogP contribution in [0.2, 0.25) is 0 Å². The molecule has 2 amide bonds. The van der Waals surface area contributed by atoms with Crippen LogP contribution >= 0.6 is 0 Å². The Morgan fingerprint density at radius 1 is 1.19 bits per heavy atom. The number of carboxylic acid groups (broad SMARTS) is 1. The molecule has 204 valence electrons. The maximum Gasteiger partial charge on any atom is 0.326 e. The number of carbonyl (C=O) groups excluding carboxylic acids is 3. The zero-order chi connectivity index (χ0) is 27.1. The van der Waals surface area contributed by atoms with Gasteiger partial charge in [0.2, 0.25) is 11.8 Å². The van der Waals surface area contributed by atoms with Crippen molar-refractivity contribution < 1.29 is 42.9 Å². The standard InChI is InChI=1S/C26H35FN2O8/c1-2-36-24(32)13-7-4-8-14-35-19-26(27)16-21(25(33)34)29(18-26)23(31)17-28-22(30)12-9-15-37-20-10-5-3-6-11-20/h3-6,8,10-11,21H,2,7,9,12-19H2,1H3,(H,28,30)(H,33,34)/b8-4+/t21-,26+/m0/s1. The lowest BCUT2D eigenvalue weighted by atomic mass is 10.0. The molecule has 0 radical (unpaired) electrons. The van der Waals surface area contributed by atoms with Gasteiger partial charge in [0.05, 0.1) is 39.5 Å². The Morgan fingerprint density at radius 2 is 1.95 bits per heavy atom. The Morgan fingerprint density at radius 3 is 2.65 bits per heavy atom. The first-order valence-electron chi connectivity index (χ1n) is 12.3. The Hall–Kier alpha value is -3.47. The van der Waals surface area contributed by atoms with Crippen molar-refractivity contribution in [2.45, 2.75) is 50.7 Å². The minimum absolute atomic E-state index is 0.0736. The first-order chi connectivity index (χ1) is 17.7. The number of carboxylic acids is 1. The van der Waals surface area contributed by atoms with Crippen LogP contribution in [-0.4, -0.2) is 85.0 Å². The normalized spacial score (nSPS) is 19.1. The van der Waals surface area contributed by atoms with E-state index in [1.165, 1.54) is 0 Å². The van der Waals surface area contributed by atoms with E-state index in [2.05, 4.69) is 5.32 Å². The molecule has 1 heterocycles. The number of benzene rings is 1. The molecule has 0 saturated carbocycles. The van der Waals surface area contributed by atoms with Crippen LogP contribution in [0.15, 0.2) is 42.5 Å². The third kappa shape index (κ3) is 11.0. The average molecular weight is 523 g/mol. The van der Waals surface area contributed by atoms with Crippen molar-refractivity contribution in [1.29, 1.82) is 0 Å². The van der Waals surface area contributed by atoms with Crippen LogP contribution in [0.25, 0.3) is 0 Å². The second-order valence-electron chi connectivity index (χ2n) is 8.60. The van der Waals surface area contributed by atoms with Crippen molar-refractivity contribution in [3.8, 4) is 5.75 Å². The van der Waals surface area contributed by atoms with E-state index in [4.69, 9.17) is 14.2 Å². The summed E-state index contributed by atoms with van der Waals surface area (Å²) in [6, 6.07) is 7.79. The molecule has 37 heavy (non-hydrogen) atoms. The number of hydrogen-bond donors (Lipinski definition) is 2. The zero-order valence-corrected chi connectivity index (χ0v) is 21.0. The van der Waals surface area contributed by atoms with Crippen molar-refractivity contribution in [1.82, 2.24) is 10.2 Å². The average Bonchev–Trinajstić information content (AvgIpc) is 3.23. The van der Waals surface area contributed by atoms with Gasteiger partial charge in [-0.1, -0.05) is 30.4 Å².